The second-order valence-corrected chi connectivity index (χ2v) is 13.4. The molecule has 7 nitrogen and oxygen atoms in total. The van der Waals surface area contributed by atoms with Crippen molar-refractivity contribution in [3.63, 3.8) is 0 Å². The van der Waals surface area contributed by atoms with E-state index in [1.54, 1.807) is 62.4 Å². The van der Waals surface area contributed by atoms with Gasteiger partial charge in [-0.1, -0.05) is 82.2 Å². The summed E-state index contributed by atoms with van der Waals surface area (Å²) in [5, 5.41) is 2.77. The molecule has 0 heterocycles. The van der Waals surface area contributed by atoms with Crippen LogP contribution in [0.2, 0.25) is 0 Å². The van der Waals surface area contributed by atoms with E-state index in [4.69, 9.17) is 0 Å². The van der Waals surface area contributed by atoms with Crippen molar-refractivity contribution in [2.45, 2.75) is 43.9 Å². The summed E-state index contributed by atoms with van der Waals surface area (Å²) in [6, 6.07) is 24.7. The molecule has 0 aliphatic carbocycles. The molecule has 0 spiro atoms. The molecule has 242 valence electrons. The lowest BCUT2D eigenvalue weighted by molar-refractivity contribution is -0.140. The summed E-state index contributed by atoms with van der Waals surface area (Å²) in [6.45, 7) is 2.84. The highest BCUT2D eigenvalue weighted by atomic mass is 79.9. The molecule has 12 heteroatoms. The minimum Gasteiger partial charge on any atom is -0.355 e. The Morgan fingerprint density at radius 3 is 2.15 bits per heavy atom. The molecule has 4 aromatic carbocycles. The molecular weight excluding hydrogens is 683 g/mol. The van der Waals surface area contributed by atoms with Crippen LogP contribution in [0.25, 0.3) is 0 Å². The summed E-state index contributed by atoms with van der Waals surface area (Å²) in [6.07, 6.45) is -4.65. The van der Waals surface area contributed by atoms with Gasteiger partial charge in [-0.05, 0) is 67.4 Å². The highest BCUT2D eigenvalue weighted by molar-refractivity contribution is 9.10. The van der Waals surface area contributed by atoms with E-state index in [1.807, 2.05) is 18.2 Å². The van der Waals surface area contributed by atoms with Crippen molar-refractivity contribution in [1.29, 1.82) is 0 Å². The van der Waals surface area contributed by atoms with E-state index in [0.717, 1.165) is 27.7 Å². The van der Waals surface area contributed by atoms with Crippen molar-refractivity contribution < 1.29 is 31.2 Å². The normalized spacial score (nSPS) is 12.3. The minimum absolute atomic E-state index is 0.0755. The average molecular weight is 717 g/mol. The van der Waals surface area contributed by atoms with E-state index < -0.39 is 46.2 Å². The van der Waals surface area contributed by atoms with E-state index in [9.17, 15) is 31.2 Å². The number of sulfonamides is 1. The number of nitrogens with zero attached hydrogens (tertiary/aromatic N) is 2. The molecule has 2 amide bonds. The van der Waals surface area contributed by atoms with Gasteiger partial charge in [-0.3, -0.25) is 13.9 Å². The lowest BCUT2D eigenvalue weighted by Gasteiger charge is -2.34. The van der Waals surface area contributed by atoms with Gasteiger partial charge >= 0.3 is 6.18 Å². The highest BCUT2D eigenvalue weighted by Crippen LogP contribution is 2.33. The van der Waals surface area contributed by atoms with Crippen LogP contribution in [-0.4, -0.2) is 44.3 Å². The SMILES string of the molecule is CCNC(=O)C(Cc1ccccc1)N(Cc1cccc(Br)c1)C(=O)CN(c1cccc(C(F)(F)F)c1)S(=O)(=O)c1ccc(C)cc1. The number of carbonyl (C=O) groups is 2. The fourth-order valence-electron chi connectivity index (χ4n) is 4.88. The summed E-state index contributed by atoms with van der Waals surface area (Å²) in [5.74, 6) is -1.23. The number of likely N-dealkylation sites (N-methyl/N-ethyl adjacent to an activating group) is 1. The van der Waals surface area contributed by atoms with E-state index in [0.29, 0.717) is 15.9 Å². The number of rotatable bonds is 12. The monoisotopic (exact) mass is 715 g/mol. The molecule has 1 N–H and O–H groups in total. The maximum absolute atomic E-state index is 14.4. The quantitative estimate of drug-likeness (QED) is 0.176. The number of anilines is 1. The Hall–Kier alpha value is -4.16. The van der Waals surface area contributed by atoms with Gasteiger partial charge in [0.05, 0.1) is 16.1 Å². The van der Waals surface area contributed by atoms with Crippen LogP contribution in [0.15, 0.2) is 112 Å². The molecule has 0 saturated heterocycles. The third kappa shape index (κ3) is 8.76. The van der Waals surface area contributed by atoms with Crippen LogP contribution in [0.5, 0.6) is 0 Å². The fourth-order valence-corrected chi connectivity index (χ4v) is 6.73. The lowest BCUT2D eigenvalue weighted by Crippen LogP contribution is -2.53. The maximum Gasteiger partial charge on any atom is 0.416 e. The van der Waals surface area contributed by atoms with Gasteiger partial charge in [0.2, 0.25) is 11.8 Å². The molecule has 4 rings (SSSR count). The van der Waals surface area contributed by atoms with Gasteiger partial charge in [0.15, 0.2) is 0 Å². The van der Waals surface area contributed by atoms with Gasteiger partial charge in [0, 0.05) is 24.0 Å². The Morgan fingerprint density at radius 1 is 0.870 bits per heavy atom. The Kier molecular flexibility index (Phi) is 11.3. The Morgan fingerprint density at radius 2 is 1.52 bits per heavy atom. The van der Waals surface area contributed by atoms with Gasteiger partial charge in [0.25, 0.3) is 10.0 Å². The zero-order chi connectivity index (χ0) is 33.5. The number of alkyl halides is 3. The number of nitrogens with one attached hydrogen (secondary N) is 1. The molecule has 0 bridgehead atoms. The van der Waals surface area contributed by atoms with E-state index >= 15 is 0 Å². The third-order valence-corrected chi connectivity index (χ3v) is 9.49. The first kappa shape index (κ1) is 34.7. The van der Waals surface area contributed by atoms with Crippen LogP contribution in [0.4, 0.5) is 18.9 Å². The van der Waals surface area contributed by atoms with E-state index in [1.165, 1.54) is 23.1 Å². The Bertz CT molecular complexity index is 1770. The fraction of sp³-hybridized carbons (Fsp3) is 0.235. The third-order valence-electron chi connectivity index (χ3n) is 7.21. The predicted molar refractivity (Wildman–Crippen MR) is 174 cm³/mol. The number of carbonyl (C=O) groups excluding carboxylic acids is 2. The van der Waals surface area contributed by atoms with Crippen molar-refractivity contribution in [1.82, 2.24) is 10.2 Å². The smallest absolute Gasteiger partial charge is 0.355 e. The Labute approximate surface area is 275 Å². The molecule has 0 radical (unpaired) electrons. The molecule has 1 atom stereocenters. The van der Waals surface area contributed by atoms with Gasteiger partial charge < -0.3 is 10.2 Å². The molecule has 0 fully saturated rings. The van der Waals surface area contributed by atoms with Crippen molar-refractivity contribution in [2.24, 2.45) is 0 Å². The van der Waals surface area contributed by atoms with Crippen LogP contribution in [0.1, 0.15) is 29.2 Å². The van der Waals surface area contributed by atoms with E-state index in [2.05, 4.69) is 21.2 Å². The van der Waals surface area contributed by atoms with Gasteiger partial charge in [-0.2, -0.15) is 13.2 Å². The number of halogens is 4. The molecule has 46 heavy (non-hydrogen) atoms. The van der Waals surface area contributed by atoms with Crippen LogP contribution in [-0.2, 0) is 38.8 Å². The van der Waals surface area contributed by atoms with Gasteiger partial charge in [-0.15, -0.1) is 0 Å². The molecule has 0 aliphatic heterocycles. The second kappa shape index (κ2) is 15.0. The molecular formula is C34H33BrF3N3O4S. The van der Waals surface area contributed by atoms with Crippen LogP contribution in [0.3, 0.4) is 0 Å². The minimum atomic E-state index is -4.76. The average Bonchev–Trinajstić information content (AvgIpc) is 3.02. The first-order valence-electron chi connectivity index (χ1n) is 14.4. The van der Waals surface area contributed by atoms with Gasteiger partial charge in [0.1, 0.15) is 12.6 Å². The van der Waals surface area contributed by atoms with Crippen molar-refractivity contribution in [2.75, 3.05) is 17.4 Å². The van der Waals surface area contributed by atoms with Crippen LogP contribution >= 0.6 is 15.9 Å². The predicted octanol–water partition coefficient (Wildman–Crippen LogP) is 6.75. The molecule has 1 unspecified atom stereocenters. The largest absolute Gasteiger partial charge is 0.416 e. The highest BCUT2D eigenvalue weighted by Gasteiger charge is 2.36. The zero-order valence-electron chi connectivity index (χ0n) is 25.2. The Balaban J connectivity index is 1.84. The summed E-state index contributed by atoms with van der Waals surface area (Å²) in [4.78, 5) is 29.0. The summed E-state index contributed by atoms with van der Waals surface area (Å²) < 4.78 is 70.7. The van der Waals surface area contributed by atoms with Gasteiger partial charge in [-0.25, -0.2) is 8.42 Å². The topological polar surface area (TPSA) is 86.8 Å². The summed E-state index contributed by atoms with van der Waals surface area (Å²) >= 11 is 3.42. The van der Waals surface area contributed by atoms with Crippen LogP contribution in [0, 0.1) is 6.92 Å². The van der Waals surface area contributed by atoms with Crippen molar-refractivity contribution in [3.8, 4) is 0 Å². The number of hydrogen-bond acceptors (Lipinski definition) is 4. The number of amides is 2. The van der Waals surface area contributed by atoms with Crippen molar-refractivity contribution in [3.05, 3.63) is 130 Å². The maximum atomic E-state index is 14.4. The second-order valence-electron chi connectivity index (χ2n) is 10.6. The molecule has 0 saturated carbocycles. The number of hydrogen-bond donors (Lipinski definition) is 1. The number of benzene rings is 4. The van der Waals surface area contributed by atoms with Crippen LogP contribution < -0.4 is 9.62 Å². The molecule has 0 aromatic heterocycles. The van der Waals surface area contributed by atoms with Crippen molar-refractivity contribution >= 4 is 43.5 Å². The summed E-state index contributed by atoms with van der Waals surface area (Å²) in [5.41, 5.74) is 0.761. The first-order valence-corrected chi connectivity index (χ1v) is 16.6. The standard InChI is InChI=1S/C34H33BrF3N3O4S/c1-3-39-33(43)31(20-25-9-5-4-6-10-25)40(22-26-11-7-13-28(35)19-26)32(42)23-41(29-14-8-12-27(21-29)34(36,37)38)46(44,45)30-17-15-24(2)16-18-30/h4-19,21,31H,3,20,22-23H2,1-2H3,(H,39,43). The lowest BCUT2D eigenvalue weighted by atomic mass is 10.0. The zero-order valence-corrected chi connectivity index (χ0v) is 27.6. The molecule has 0 aliphatic rings. The van der Waals surface area contributed by atoms with E-state index in [-0.39, 0.29) is 30.1 Å². The summed E-state index contributed by atoms with van der Waals surface area (Å²) in [7, 11) is -4.55. The molecule has 4 aromatic rings. The number of aryl methyl sites for hydroxylation is 1. The first-order chi connectivity index (χ1) is 21.8.